The van der Waals surface area contributed by atoms with Gasteiger partial charge in [-0.05, 0) is 43.3 Å². The van der Waals surface area contributed by atoms with Gasteiger partial charge in [0.2, 0.25) is 0 Å². The molecule has 0 bridgehead atoms. The molecule has 1 aliphatic carbocycles. The van der Waals surface area contributed by atoms with Crippen molar-refractivity contribution in [1.29, 1.82) is 0 Å². The van der Waals surface area contributed by atoms with Gasteiger partial charge in [0.25, 0.3) is 0 Å². The molecule has 2 heterocycles. The molecule has 126 valence electrons. The summed E-state index contributed by atoms with van der Waals surface area (Å²) in [5.74, 6) is 2.63. The van der Waals surface area contributed by atoms with E-state index in [4.69, 9.17) is 4.74 Å². The molecule has 0 spiro atoms. The number of hydrogen-bond acceptors (Lipinski definition) is 3. The number of thioether (sulfide) groups is 1. The Labute approximate surface area is 138 Å². The van der Waals surface area contributed by atoms with Gasteiger partial charge in [-0.15, -0.1) is 0 Å². The number of carbonyl (C=O) groups excluding carboxylic acids is 1. The molecule has 1 saturated carbocycles. The zero-order chi connectivity index (χ0) is 15.4. The van der Waals surface area contributed by atoms with Crippen LogP contribution in [0.25, 0.3) is 0 Å². The lowest BCUT2D eigenvalue weighted by Gasteiger charge is -2.37. The van der Waals surface area contributed by atoms with E-state index in [2.05, 4.69) is 17.1 Å². The van der Waals surface area contributed by atoms with Crippen molar-refractivity contribution >= 4 is 17.8 Å². The summed E-state index contributed by atoms with van der Waals surface area (Å²) in [6.45, 7) is 6.61. The second kappa shape index (κ2) is 7.43. The maximum absolute atomic E-state index is 12.6. The van der Waals surface area contributed by atoms with Crippen molar-refractivity contribution in [3.05, 3.63) is 0 Å². The Balaban J connectivity index is 1.50. The van der Waals surface area contributed by atoms with Gasteiger partial charge in [0.05, 0.1) is 0 Å². The van der Waals surface area contributed by atoms with Crippen molar-refractivity contribution in [2.75, 3.05) is 38.6 Å². The number of likely N-dealkylation sites (tertiary alicyclic amines) is 1. The molecule has 0 unspecified atom stereocenters. The molecule has 0 aromatic carbocycles. The monoisotopic (exact) mass is 326 g/mol. The first-order valence-corrected chi connectivity index (χ1v) is 9.95. The van der Waals surface area contributed by atoms with Gasteiger partial charge in [0.1, 0.15) is 0 Å². The third-order valence-corrected chi connectivity index (χ3v) is 7.13. The van der Waals surface area contributed by atoms with E-state index < -0.39 is 0 Å². The standard InChI is InChI=1S/C17H30N2O2S/c1-2-22-17(7-9-21-10-8-17)13-18-16(20)19-11-14-5-3-4-6-15(14)12-19/h14-15H,2-13H2,1H3,(H,18,20)/t14-,15-/m0/s1. The highest BCUT2D eigenvalue weighted by atomic mass is 32.2. The van der Waals surface area contributed by atoms with E-state index in [1.165, 1.54) is 25.7 Å². The Bertz CT molecular complexity index is 365. The number of hydrogen-bond donors (Lipinski definition) is 1. The van der Waals surface area contributed by atoms with Crippen LogP contribution in [0.3, 0.4) is 0 Å². The summed E-state index contributed by atoms with van der Waals surface area (Å²) >= 11 is 1.99. The molecule has 22 heavy (non-hydrogen) atoms. The summed E-state index contributed by atoms with van der Waals surface area (Å²) in [5, 5.41) is 3.24. The first-order chi connectivity index (χ1) is 10.7. The average Bonchev–Trinajstić information content (AvgIpc) is 2.98. The van der Waals surface area contributed by atoms with Crippen LogP contribution in [0, 0.1) is 11.8 Å². The minimum atomic E-state index is 0.164. The fourth-order valence-corrected chi connectivity index (χ4v) is 5.58. The summed E-state index contributed by atoms with van der Waals surface area (Å²) in [6.07, 6.45) is 7.46. The predicted octanol–water partition coefficient (Wildman–Crippen LogP) is 3.12. The van der Waals surface area contributed by atoms with Gasteiger partial charge in [-0.25, -0.2) is 4.79 Å². The third-order valence-electron chi connectivity index (χ3n) is 5.68. The molecule has 3 rings (SSSR count). The molecule has 4 nitrogen and oxygen atoms in total. The normalized spacial score (nSPS) is 30.9. The number of nitrogens with zero attached hydrogens (tertiary/aromatic N) is 1. The molecule has 0 radical (unpaired) electrons. The molecule has 0 aromatic heterocycles. The molecule has 2 amide bonds. The molecule has 2 aliphatic heterocycles. The largest absolute Gasteiger partial charge is 0.381 e. The fourth-order valence-electron chi connectivity index (χ4n) is 4.34. The highest BCUT2D eigenvalue weighted by Gasteiger charge is 2.38. The van der Waals surface area contributed by atoms with Crippen LogP contribution < -0.4 is 5.32 Å². The van der Waals surface area contributed by atoms with Crippen molar-refractivity contribution < 1.29 is 9.53 Å². The van der Waals surface area contributed by atoms with Crippen molar-refractivity contribution in [2.24, 2.45) is 11.8 Å². The Morgan fingerprint density at radius 3 is 2.45 bits per heavy atom. The van der Waals surface area contributed by atoms with Crippen molar-refractivity contribution in [3.63, 3.8) is 0 Å². The SMILES string of the molecule is CCSC1(CNC(=O)N2C[C@@H]3CCCC[C@H]3C2)CCOCC1. The second-order valence-corrected chi connectivity index (χ2v) is 8.83. The van der Waals surface area contributed by atoms with Crippen molar-refractivity contribution in [3.8, 4) is 0 Å². The topological polar surface area (TPSA) is 41.6 Å². The third kappa shape index (κ3) is 3.73. The van der Waals surface area contributed by atoms with Gasteiger partial charge in [-0.2, -0.15) is 11.8 Å². The highest BCUT2D eigenvalue weighted by Crippen LogP contribution is 2.37. The summed E-state index contributed by atoms with van der Waals surface area (Å²) in [4.78, 5) is 14.6. The lowest BCUT2D eigenvalue weighted by molar-refractivity contribution is 0.0772. The number of fused-ring (bicyclic) bond motifs is 1. The van der Waals surface area contributed by atoms with Crippen LogP contribution in [0.5, 0.6) is 0 Å². The molecule has 2 atom stereocenters. The molecular formula is C17H30N2O2S. The second-order valence-electron chi connectivity index (χ2n) is 7.10. The van der Waals surface area contributed by atoms with E-state index in [1.54, 1.807) is 0 Å². The molecule has 3 fully saturated rings. The number of amides is 2. The number of carbonyl (C=O) groups is 1. The minimum absolute atomic E-state index is 0.164. The van der Waals surface area contributed by atoms with Crippen LogP contribution in [-0.4, -0.2) is 54.3 Å². The zero-order valence-electron chi connectivity index (χ0n) is 13.8. The van der Waals surface area contributed by atoms with Gasteiger partial charge < -0.3 is 15.0 Å². The van der Waals surface area contributed by atoms with Crippen LogP contribution in [-0.2, 0) is 4.74 Å². The molecular weight excluding hydrogens is 296 g/mol. The Kier molecular flexibility index (Phi) is 5.55. The summed E-state index contributed by atoms with van der Waals surface area (Å²) in [7, 11) is 0. The predicted molar refractivity (Wildman–Crippen MR) is 91.3 cm³/mol. The van der Waals surface area contributed by atoms with Gasteiger partial charge in [-0.1, -0.05) is 19.8 Å². The van der Waals surface area contributed by atoms with E-state index in [0.717, 1.165) is 63.3 Å². The van der Waals surface area contributed by atoms with Gasteiger partial charge in [0.15, 0.2) is 0 Å². The maximum Gasteiger partial charge on any atom is 0.317 e. The van der Waals surface area contributed by atoms with E-state index in [-0.39, 0.29) is 10.8 Å². The van der Waals surface area contributed by atoms with E-state index in [1.807, 2.05) is 11.8 Å². The number of urea groups is 1. The molecule has 1 N–H and O–H groups in total. The van der Waals surface area contributed by atoms with Crippen LogP contribution in [0.1, 0.15) is 45.4 Å². The van der Waals surface area contributed by atoms with Crippen LogP contribution >= 0.6 is 11.8 Å². The fraction of sp³-hybridized carbons (Fsp3) is 0.941. The van der Waals surface area contributed by atoms with Crippen LogP contribution in [0.15, 0.2) is 0 Å². The van der Waals surface area contributed by atoms with E-state index >= 15 is 0 Å². The van der Waals surface area contributed by atoms with E-state index in [0.29, 0.717) is 0 Å². The Morgan fingerprint density at radius 2 is 1.86 bits per heavy atom. The van der Waals surface area contributed by atoms with Crippen LogP contribution in [0.4, 0.5) is 4.79 Å². The average molecular weight is 327 g/mol. The van der Waals surface area contributed by atoms with Crippen molar-refractivity contribution in [2.45, 2.75) is 50.2 Å². The van der Waals surface area contributed by atoms with Gasteiger partial charge >= 0.3 is 6.03 Å². The lowest BCUT2D eigenvalue weighted by Crippen LogP contribution is -2.48. The summed E-state index contributed by atoms with van der Waals surface area (Å²) < 4.78 is 5.70. The highest BCUT2D eigenvalue weighted by molar-refractivity contribution is 8.00. The molecule has 3 aliphatic rings. The van der Waals surface area contributed by atoms with Crippen LogP contribution in [0.2, 0.25) is 0 Å². The lowest BCUT2D eigenvalue weighted by atomic mass is 9.82. The quantitative estimate of drug-likeness (QED) is 0.863. The first kappa shape index (κ1) is 16.4. The molecule has 5 heteroatoms. The summed E-state index contributed by atoms with van der Waals surface area (Å²) in [5.41, 5.74) is 0. The Hall–Kier alpha value is -0.420. The molecule has 0 aromatic rings. The maximum atomic E-state index is 12.6. The summed E-state index contributed by atoms with van der Waals surface area (Å²) in [6, 6.07) is 0.164. The van der Waals surface area contributed by atoms with Crippen molar-refractivity contribution in [1.82, 2.24) is 10.2 Å². The molecule has 2 saturated heterocycles. The zero-order valence-corrected chi connectivity index (χ0v) is 14.6. The number of rotatable bonds is 4. The smallest absolute Gasteiger partial charge is 0.317 e. The van der Waals surface area contributed by atoms with E-state index in [9.17, 15) is 4.79 Å². The van der Waals surface area contributed by atoms with Gasteiger partial charge in [-0.3, -0.25) is 0 Å². The minimum Gasteiger partial charge on any atom is -0.381 e. The van der Waals surface area contributed by atoms with Gasteiger partial charge in [0, 0.05) is 37.6 Å². The Morgan fingerprint density at radius 1 is 1.23 bits per heavy atom. The number of ether oxygens (including phenoxy) is 1. The first-order valence-electron chi connectivity index (χ1n) is 8.97. The number of nitrogens with one attached hydrogen (secondary N) is 1.